The number of carbonyl (C=O) groups is 1. The van der Waals surface area contributed by atoms with Gasteiger partial charge in [-0.15, -0.1) is 0 Å². The second-order valence-corrected chi connectivity index (χ2v) is 4.81. The van der Waals surface area contributed by atoms with Crippen LogP contribution in [0.2, 0.25) is 0 Å². The van der Waals surface area contributed by atoms with Crippen LogP contribution in [0.4, 0.5) is 11.4 Å². The molecule has 1 aromatic carbocycles. The van der Waals surface area contributed by atoms with E-state index < -0.39 is 0 Å². The first-order chi connectivity index (χ1) is 9.08. The van der Waals surface area contributed by atoms with Crippen molar-refractivity contribution in [1.29, 1.82) is 0 Å². The number of benzene rings is 1. The van der Waals surface area contributed by atoms with Crippen molar-refractivity contribution in [3.05, 3.63) is 29.5 Å². The van der Waals surface area contributed by atoms with Crippen molar-refractivity contribution in [3.63, 3.8) is 0 Å². The molecule has 0 atom stereocenters. The van der Waals surface area contributed by atoms with Crippen LogP contribution in [0.1, 0.15) is 17.7 Å². The molecule has 5 heteroatoms. The molecule has 0 fully saturated rings. The second-order valence-electron chi connectivity index (χ2n) is 4.81. The molecule has 19 heavy (non-hydrogen) atoms. The number of fused-ring (bicyclic) bond motifs is 1. The van der Waals surface area contributed by atoms with Gasteiger partial charge in [-0.25, -0.2) is 0 Å². The first-order valence-corrected chi connectivity index (χ1v) is 6.19. The molecule has 1 aliphatic rings. The summed E-state index contributed by atoms with van der Waals surface area (Å²) < 4.78 is 5.26. The van der Waals surface area contributed by atoms with Crippen molar-refractivity contribution in [2.24, 2.45) is 0 Å². The average molecular weight is 257 g/mol. The number of aromatic nitrogens is 1. The van der Waals surface area contributed by atoms with Crippen molar-refractivity contribution in [2.45, 2.75) is 19.8 Å². The van der Waals surface area contributed by atoms with Crippen LogP contribution in [-0.2, 0) is 11.2 Å². The molecule has 0 unspecified atom stereocenters. The smallest absolute Gasteiger partial charge is 0.227 e. The van der Waals surface area contributed by atoms with Crippen LogP contribution in [0.15, 0.2) is 22.7 Å². The number of amides is 1. The van der Waals surface area contributed by atoms with Crippen molar-refractivity contribution in [1.82, 2.24) is 5.16 Å². The van der Waals surface area contributed by atoms with Gasteiger partial charge in [0.15, 0.2) is 5.76 Å². The van der Waals surface area contributed by atoms with Gasteiger partial charge in [0.1, 0.15) is 11.4 Å². The third kappa shape index (κ3) is 1.78. The van der Waals surface area contributed by atoms with E-state index in [9.17, 15) is 4.79 Å². The topological polar surface area (TPSA) is 72.4 Å². The van der Waals surface area contributed by atoms with Crippen molar-refractivity contribution >= 4 is 17.3 Å². The summed E-state index contributed by atoms with van der Waals surface area (Å²) >= 11 is 0. The molecule has 0 bridgehead atoms. The molecule has 3 rings (SSSR count). The van der Waals surface area contributed by atoms with E-state index in [1.54, 1.807) is 11.9 Å². The number of hydrogen-bond acceptors (Lipinski definition) is 4. The van der Waals surface area contributed by atoms with Crippen LogP contribution < -0.4 is 10.6 Å². The molecule has 0 spiro atoms. The number of nitrogens with zero attached hydrogens (tertiary/aromatic N) is 2. The lowest BCUT2D eigenvalue weighted by molar-refractivity contribution is -0.118. The molecule has 5 nitrogen and oxygen atoms in total. The number of anilines is 2. The number of rotatable bonds is 1. The van der Waals surface area contributed by atoms with E-state index >= 15 is 0 Å². The molecule has 0 aliphatic carbocycles. The van der Waals surface area contributed by atoms with Gasteiger partial charge in [0.25, 0.3) is 0 Å². The SMILES string of the molecule is Cc1noc(-c2ccc3c(c2)CCC(=O)N3C)c1N. The lowest BCUT2D eigenvalue weighted by Gasteiger charge is -2.25. The van der Waals surface area contributed by atoms with E-state index in [0.29, 0.717) is 23.6 Å². The summed E-state index contributed by atoms with van der Waals surface area (Å²) in [6, 6.07) is 5.86. The van der Waals surface area contributed by atoms with E-state index in [2.05, 4.69) is 5.16 Å². The lowest BCUT2D eigenvalue weighted by atomic mass is 9.98. The quantitative estimate of drug-likeness (QED) is 0.849. The minimum atomic E-state index is 0.148. The first kappa shape index (κ1) is 11.8. The molecule has 1 aromatic heterocycles. The Kier molecular flexibility index (Phi) is 2.55. The maximum absolute atomic E-state index is 11.6. The molecule has 0 saturated heterocycles. The fourth-order valence-electron chi connectivity index (χ4n) is 2.38. The van der Waals surface area contributed by atoms with Gasteiger partial charge in [0.05, 0.1) is 0 Å². The average Bonchev–Trinajstić information content (AvgIpc) is 2.74. The Morgan fingerprint density at radius 3 is 2.84 bits per heavy atom. The molecule has 2 N–H and O–H groups in total. The van der Waals surface area contributed by atoms with E-state index in [-0.39, 0.29) is 5.91 Å². The maximum atomic E-state index is 11.6. The summed E-state index contributed by atoms with van der Waals surface area (Å²) in [4.78, 5) is 13.3. The number of hydrogen-bond donors (Lipinski definition) is 1. The molecule has 0 radical (unpaired) electrons. The molecular weight excluding hydrogens is 242 g/mol. The van der Waals surface area contributed by atoms with Gasteiger partial charge in [0.2, 0.25) is 5.91 Å². The summed E-state index contributed by atoms with van der Waals surface area (Å²) in [5.74, 6) is 0.745. The maximum Gasteiger partial charge on any atom is 0.227 e. The highest BCUT2D eigenvalue weighted by Gasteiger charge is 2.22. The Bertz CT molecular complexity index is 661. The Labute approximate surface area is 111 Å². The molecule has 2 aromatic rings. The monoisotopic (exact) mass is 257 g/mol. The zero-order valence-electron chi connectivity index (χ0n) is 10.9. The summed E-state index contributed by atoms with van der Waals surface area (Å²) in [7, 11) is 1.80. The van der Waals surface area contributed by atoms with Gasteiger partial charge in [-0.05, 0) is 37.1 Å². The lowest BCUT2D eigenvalue weighted by Crippen LogP contribution is -2.30. The number of nitrogens with two attached hydrogens (primary N) is 1. The van der Waals surface area contributed by atoms with Gasteiger partial charge in [-0.2, -0.15) is 0 Å². The first-order valence-electron chi connectivity index (χ1n) is 6.19. The minimum Gasteiger partial charge on any atom is -0.394 e. The zero-order chi connectivity index (χ0) is 13.6. The highest BCUT2D eigenvalue weighted by Crippen LogP contribution is 2.34. The Balaban J connectivity index is 2.07. The third-order valence-electron chi connectivity index (χ3n) is 3.59. The summed E-state index contributed by atoms with van der Waals surface area (Å²) in [5, 5.41) is 3.87. The minimum absolute atomic E-state index is 0.148. The van der Waals surface area contributed by atoms with Gasteiger partial charge >= 0.3 is 0 Å². The van der Waals surface area contributed by atoms with E-state index in [1.807, 2.05) is 25.1 Å². The normalized spacial score (nSPS) is 14.6. The Morgan fingerprint density at radius 1 is 1.37 bits per heavy atom. The van der Waals surface area contributed by atoms with Crippen molar-refractivity contribution in [3.8, 4) is 11.3 Å². The van der Waals surface area contributed by atoms with Gasteiger partial charge in [-0.3, -0.25) is 4.79 Å². The fraction of sp³-hybridized carbons (Fsp3) is 0.286. The molecule has 1 aliphatic heterocycles. The molecule has 1 amide bonds. The Morgan fingerprint density at radius 2 is 2.16 bits per heavy atom. The van der Waals surface area contributed by atoms with Crippen LogP contribution in [0, 0.1) is 6.92 Å². The molecule has 0 saturated carbocycles. The van der Waals surface area contributed by atoms with Crippen LogP contribution in [0.5, 0.6) is 0 Å². The zero-order valence-corrected chi connectivity index (χ0v) is 10.9. The van der Waals surface area contributed by atoms with Gasteiger partial charge in [-0.1, -0.05) is 5.16 Å². The fourth-order valence-corrected chi connectivity index (χ4v) is 2.38. The number of nitrogen functional groups attached to an aromatic ring is 1. The van der Waals surface area contributed by atoms with Gasteiger partial charge < -0.3 is 15.2 Å². The second kappa shape index (κ2) is 4.12. The molecule has 2 heterocycles. The molecule has 98 valence electrons. The highest BCUT2D eigenvalue weighted by molar-refractivity contribution is 5.96. The predicted octanol–water partition coefficient (Wildman–Crippen LogP) is 2.14. The van der Waals surface area contributed by atoms with Crippen LogP contribution >= 0.6 is 0 Å². The van der Waals surface area contributed by atoms with Crippen LogP contribution in [0.3, 0.4) is 0 Å². The summed E-state index contributed by atoms with van der Waals surface area (Å²) in [6.45, 7) is 1.81. The van der Waals surface area contributed by atoms with Crippen LogP contribution in [-0.4, -0.2) is 18.1 Å². The highest BCUT2D eigenvalue weighted by atomic mass is 16.5. The largest absolute Gasteiger partial charge is 0.394 e. The van der Waals surface area contributed by atoms with E-state index in [0.717, 1.165) is 23.2 Å². The van der Waals surface area contributed by atoms with Gasteiger partial charge in [0, 0.05) is 24.7 Å². The van der Waals surface area contributed by atoms with Crippen LogP contribution in [0.25, 0.3) is 11.3 Å². The number of carbonyl (C=O) groups excluding carboxylic acids is 1. The van der Waals surface area contributed by atoms with E-state index in [4.69, 9.17) is 10.3 Å². The summed E-state index contributed by atoms with van der Waals surface area (Å²) in [5.41, 5.74) is 10.2. The molecular formula is C14H15N3O2. The standard InChI is InChI=1S/C14H15N3O2/c1-8-13(15)14(19-16-8)10-3-5-11-9(7-10)4-6-12(18)17(11)2/h3,5,7H,4,6,15H2,1-2H3. The van der Waals surface area contributed by atoms with E-state index in [1.165, 1.54) is 0 Å². The number of aryl methyl sites for hydroxylation is 2. The van der Waals surface area contributed by atoms with Crippen molar-refractivity contribution < 1.29 is 9.32 Å². The summed E-state index contributed by atoms with van der Waals surface area (Å²) in [6.07, 6.45) is 1.29. The third-order valence-corrected chi connectivity index (χ3v) is 3.59. The Hall–Kier alpha value is -2.30. The predicted molar refractivity (Wildman–Crippen MR) is 72.8 cm³/mol. The van der Waals surface area contributed by atoms with Crippen molar-refractivity contribution in [2.75, 3.05) is 17.7 Å².